The minimum absolute atomic E-state index is 0.689. The fourth-order valence-electron chi connectivity index (χ4n) is 3.48. The van der Waals surface area contributed by atoms with Gasteiger partial charge in [0.25, 0.3) is 0 Å². The highest BCUT2D eigenvalue weighted by molar-refractivity contribution is 6.17. The number of rotatable bonds is 6. The number of hydrogen-bond acceptors (Lipinski definition) is 6. The van der Waals surface area contributed by atoms with Crippen LogP contribution in [0.25, 0.3) is 32.6 Å². The Morgan fingerprint density at radius 3 is 2.39 bits per heavy atom. The average molecular weight is 376 g/mol. The van der Waals surface area contributed by atoms with E-state index in [2.05, 4.69) is 41.4 Å². The van der Waals surface area contributed by atoms with E-state index in [4.69, 9.17) is 14.5 Å². The van der Waals surface area contributed by atoms with Gasteiger partial charge in [0.05, 0.1) is 25.3 Å². The molecule has 1 N–H and O–H groups in total. The van der Waals surface area contributed by atoms with Crippen LogP contribution in [0.4, 0.5) is 5.82 Å². The van der Waals surface area contributed by atoms with Gasteiger partial charge in [0.15, 0.2) is 11.5 Å². The van der Waals surface area contributed by atoms with Crippen LogP contribution < -0.4 is 14.8 Å². The first kappa shape index (κ1) is 18.3. The van der Waals surface area contributed by atoms with Crippen molar-refractivity contribution in [1.82, 2.24) is 14.9 Å². The molecule has 6 nitrogen and oxygen atoms in total. The number of anilines is 1. The van der Waals surface area contributed by atoms with Gasteiger partial charge in [-0.1, -0.05) is 0 Å². The minimum Gasteiger partial charge on any atom is -0.493 e. The third-order valence-electron chi connectivity index (χ3n) is 4.90. The Hall–Kier alpha value is -3.12. The van der Waals surface area contributed by atoms with Gasteiger partial charge in [-0.3, -0.25) is 4.98 Å². The lowest BCUT2D eigenvalue weighted by molar-refractivity contribution is 0.356. The molecule has 2 aromatic carbocycles. The summed E-state index contributed by atoms with van der Waals surface area (Å²) in [4.78, 5) is 11.6. The van der Waals surface area contributed by atoms with Crippen molar-refractivity contribution in [3.8, 4) is 11.5 Å². The molecule has 2 aromatic heterocycles. The molecule has 0 unspecified atom stereocenters. The van der Waals surface area contributed by atoms with Gasteiger partial charge in [-0.05, 0) is 55.9 Å². The van der Waals surface area contributed by atoms with Gasteiger partial charge in [-0.2, -0.15) is 0 Å². The van der Waals surface area contributed by atoms with Crippen molar-refractivity contribution in [2.45, 2.75) is 0 Å². The number of ether oxygens (including phenoxy) is 2. The standard InChI is InChI=1S/C22H24N4O2/c1-26(2)11-10-24-22-17-13-20(28-4)19(27-3)12-16(17)14-7-8-18-15(21(14)25-22)6-5-9-23-18/h5-9,12-13H,10-11H2,1-4H3,(H,24,25). The Morgan fingerprint density at radius 1 is 0.929 bits per heavy atom. The van der Waals surface area contributed by atoms with Crippen molar-refractivity contribution in [3.63, 3.8) is 0 Å². The van der Waals surface area contributed by atoms with Crippen LogP contribution in [0.15, 0.2) is 42.6 Å². The predicted octanol–water partition coefficient (Wildman–Crippen LogP) is 3.93. The van der Waals surface area contributed by atoms with Crippen LogP contribution in [-0.4, -0.2) is 56.3 Å². The molecule has 0 fully saturated rings. The molecule has 0 aliphatic carbocycles. The molecule has 0 aliphatic heterocycles. The summed E-state index contributed by atoms with van der Waals surface area (Å²) in [6, 6.07) is 12.1. The molecule has 0 bridgehead atoms. The lowest BCUT2D eigenvalue weighted by atomic mass is 10.0. The van der Waals surface area contributed by atoms with Gasteiger partial charge in [0.2, 0.25) is 0 Å². The minimum atomic E-state index is 0.689. The molecule has 0 amide bonds. The van der Waals surface area contributed by atoms with E-state index in [1.54, 1.807) is 20.4 Å². The molecule has 6 heteroatoms. The van der Waals surface area contributed by atoms with Crippen molar-refractivity contribution in [2.75, 3.05) is 46.7 Å². The van der Waals surface area contributed by atoms with E-state index in [1.165, 1.54) is 0 Å². The summed E-state index contributed by atoms with van der Waals surface area (Å²) in [5.41, 5.74) is 1.86. The maximum absolute atomic E-state index is 5.55. The molecule has 144 valence electrons. The normalized spacial score (nSPS) is 11.5. The molecular formula is C22H24N4O2. The van der Waals surface area contributed by atoms with E-state index in [0.717, 1.165) is 51.5 Å². The van der Waals surface area contributed by atoms with Gasteiger partial charge in [-0.25, -0.2) is 4.98 Å². The summed E-state index contributed by atoms with van der Waals surface area (Å²) in [6.45, 7) is 1.70. The fourth-order valence-corrected chi connectivity index (χ4v) is 3.48. The SMILES string of the molecule is COc1cc2c(NCCN(C)C)nc3c4cccnc4ccc3c2cc1OC. The van der Waals surface area contributed by atoms with Crippen molar-refractivity contribution in [1.29, 1.82) is 0 Å². The number of nitrogens with zero attached hydrogens (tertiary/aromatic N) is 3. The Bertz CT molecular complexity index is 1160. The molecule has 4 aromatic rings. The zero-order valence-electron chi connectivity index (χ0n) is 16.6. The highest BCUT2D eigenvalue weighted by Crippen LogP contribution is 2.39. The van der Waals surface area contributed by atoms with Crippen LogP contribution in [0, 0.1) is 0 Å². The molecule has 0 aliphatic rings. The van der Waals surface area contributed by atoms with E-state index < -0.39 is 0 Å². The molecule has 0 spiro atoms. The second-order valence-electron chi connectivity index (χ2n) is 6.98. The van der Waals surface area contributed by atoms with Crippen LogP contribution in [0.2, 0.25) is 0 Å². The number of fused-ring (bicyclic) bond motifs is 5. The quantitative estimate of drug-likeness (QED) is 0.515. The number of aromatic nitrogens is 2. The first-order valence-corrected chi connectivity index (χ1v) is 9.24. The first-order valence-electron chi connectivity index (χ1n) is 9.24. The molecule has 4 rings (SSSR count). The Morgan fingerprint density at radius 2 is 1.68 bits per heavy atom. The van der Waals surface area contributed by atoms with E-state index in [1.807, 2.05) is 24.3 Å². The van der Waals surface area contributed by atoms with Crippen molar-refractivity contribution < 1.29 is 9.47 Å². The Kier molecular flexibility index (Phi) is 4.88. The third kappa shape index (κ3) is 3.16. The summed E-state index contributed by atoms with van der Waals surface area (Å²) < 4.78 is 11.1. The monoisotopic (exact) mass is 376 g/mol. The van der Waals surface area contributed by atoms with Crippen LogP contribution in [0.3, 0.4) is 0 Å². The maximum atomic E-state index is 5.55. The predicted molar refractivity (Wildman–Crippen MR) is 115 cm³/mol. The molecular weight excluding hydrogens is 352 g/mol. The molecule has 0 atom stereocenters. The van der Waals surface area contributed by atoms with Crippen LogP contribution in [-0.2, 0) is 0 Å². The van der Waals surface area contributed by atoms with Crippen molar-refractivity contribution in [2.24, 2.45) is 0 Å². The van der Waals surface area contributed by atoms with Gasteiger partial charge < -0.3 is 19.7 Å². The number of hydrogen-bond donors (Lipinski definition) is 1. The second-order valence-corrected chi connectivity index (χ2v) is 6.98. The summed E-state index contributed by atoms with van der Waals surface area (Å²) >= 11 is 0. The maximum Gasteiger partial charge on any atom is 0.161 e. The number of pyridine rings is 2. The molecule has 0 saturated heterocycles. The summed E-state index contributed by atoms with van der Waals surface area (Å²) in [7, 11) is 7.42. The molecule has 28 heavy (non-hydrogen) atoms. The van der Waals surface area contributed by atoms with Crippen molar-refractivity contribution >= 4 is 38.4 Å². The Balaban J connectivity index is 2.03. The third-order valence-corrected chi connectivity index (χ3v) is 4.90. The highest BCUT2D eigenvalue weighted by Gasteiger charge is 2.15. The van der Waals surface area contributed by atoms with Gasteiger partial charge >= 0.3 is 0 Å². The first-order chi connectivity index (χ1) is 13.6. The van der Waals surface area contributed by atoms with E-state index in [-0.39, 0.29) is 0 Å². The van der Waals surface area contributed by atoms with E-state index in [0.29, 0.717) is 11.5 Å². The van der Waals surface area contributed by atoms with Crippen LogP contribution >= 0.6 is 0 Å². The van der Waals surface area contributed by atoms with E-state index in [9.17, 15) is 0 Å². The zero-order valence-corrected chi connectivity index (χ0v) is 16.6. The number of likely N-dealkylation sites (N-methyl/N-ethyl adjacent to an activating group) is 1. The smallest absolute Gasteiger partial charge is 0.161 e. The van der Waals surface area contributed by atoms with Gasteiger partial charge in [0, 0.05) is 35.4 Å². The molecule has 0 radical (unpaired) electrons. The van der Waals surface area contributed by atoms with Gasteiger partial charge in [-0.15, -0.1) is 0 Å². The summed E-state index contributed by atoms with van der Waals surface area (Å²) in [5, 5.41) is 7.67. The zero-order chi connectivity index (χ0) is 19.7. The lowest BCUT2D eigenvalue weighted by Gasteiger charge is -2.16. The topological polar surface area (TPSA) is 59.5 Å². The van der Waals surface area contributed by atoms with Crippen molar-refractivity contribution in [3.05, 3.63) is 42.6 Å². The Labute approximate surface area is 164 Å². The second kappa shape index (κ2) is 7.48. The number of benzene rings is 2. The summed E-state index contributed by atoms with van der Waals surface area (Å²) in [5.74, 6) is 2.23. The summed E-state index contributed by atoms with van der Waals surface area (Å²) in [6.07, 6.45) is 1.80. The van der Waals surface area contributed by atoms with Crippen LogP contribution in [0.1, 0.15) is 0 Å². The fraction of sp³-hybridized carbons (Fsp3) is 0.273. The average Bonchev–Trinajstić information content (AvgIpc) is 2.72. The van der Waals surface area contributed by atoms with Crippen LogP contribution in [0.5, 0.6) is 11.5 Å². The molecule has 2 heterocycles. The lowest BCUT2D eigenvalue weighted by Crippen LogP contribution is -2.21. The van der Waals surface area contributed by atoms with E-state index >= 15 is 0 Å². The number of methoxy groups -OCH3 is 2. The molecule has 0 saturated carbocycles. The largest absolute Gasteiger partial charge is 0.493 e. The highest BCUT2D eigenvalue weighted by atomic mass is 16.5. The number of nitrogens with one attached hydrogen (secondary N) is 1. The van der Waals surface area contributed by atoms with Gasteiger partial charge in [0.1, 0.15) is 5.82 Å².